The third kappa shape index (κ3) is 1.08. The Hall–Kier alpha value is -1.10. The molecule has 2 heteroatoms. The predicted octanol–water partition coefficient (Wildman–Crippen LogP) is 0.392. The Kier molecular flexibility index (Phi) is 1.28. The average Bonchev–Trinajstić information content (AvgIpc) is 2.76. The van der Waals surface area contributed by atoms with E-state index in [9.17, 15) is 0 Å². The molecule has 0 spiro atoms. The van der Waals surface area contributed by atoms with Crippen LogP contribution in [0.1, 0.15) is 12.8 Å². The molecule has 0 amide bonds. The summed E-state index contributed by atoms with van der Waals surface area (Å²) < 4.78 is 0. The van der Waals surface area contributed by atoms with Gasteiger partial charge in [0.25, 0.3) is 0 Å². The molecular weight excluding hydrogens is 124 g/mol. The second kappa shape index (κ2) is 2.26. The van der Waals surface area contributed by atoms with E-state index in [1.54, 1.807) is 0 Å². The van der Waals surface area contributed by atoms with Crippen LogP contribution in [-0.4, -0.2) is 6.54 Å². The lowest BCUT2D eigenvalue weighted by atomic mass is 10.3. The standard InChI is InChI=1S/C8H10N2/c1-4-9-6-8(10-5-1)7-2-3-7/h6-7,9-10H,2-4H2. The van der Waals surface area contributed by atoms with E-state index in [1.807, 2.05) is 6.20 Å². The first-order chi connectivity index (χ1) is 4.97. The van der Waals surface area contributed by atoms with E-state index in [4.69, 9.17) is 0 Å². The number of nitrogens with one attached hydrogen (secondary N) is 2. The van der Waals surface area contributed by atoms with Crippen LogP contribution in [0.5, 0.6) is 0 Å². The van der Waals surface area contributed by atoms with Gasteiger partial charge in [-0.15, -0.1) is 0 Å². The van der Waals surface area contributed by atoms with Gasteiger partial charge < -0.3 is 10.6 Å². The van der Waals surface area contributed by atoms with Crippen molar-refractivity contribution in [2.75, 3.05) is 6.54 Å². The smallest absolute Gasteiger partial charge is 0.0780 e. The highest BCUT2D eigenvalue weighted by Crippen LogP contribution is 2.34. The summed E-state index contributed by atoms with van der Waals surface area (Å²) >= 11 is 0. The highest BCUT2D eigenvalue weighted by atomic mass is 14.9. The van der Waals surface area contributed by atoms with E-state index in [0.717, 1.165) is 12.5 Å². The maximum Gasteiger partial charge on any atom is 0.0780 e. The molecule has 0 saturated heterocycles. The van der Waals surface area contributed by atoms with Gasteiger partial charge in [0.2, 0.25) is 0 Å². The lowest BCUT2D eigenvalue weighted by Crippen LogP contribution is -2.10. The fourth-order valence-electron chi connectivity index (χ4n) is 1.02. The van der Waals surface area contributed by atoms with Gasteiger partial charge in [0.1, 0.15) is 0 Å². The van der Waals surface area contributed by atoms with Crippen molar-refractivity contribution in [3.8, 4) is 12.0 Å². The van der Waals surface area contributed by atoms with Crippen LogP contribution < -0.4 is 10.6 Å². The molecule has 0 unspecified atom stereocenters. The highest BCUT2D eigenvalue weighted by Gasteiger charge is 2.25. The molecule has 1 aliphatic carbocycles. The average molecular weight is 134 g/mol. The van der Waals surface area contributed by atoms with Crippen molar-refractivity contribution in [1.29, 1.82) is 0 Å². The van der Waals surface area contributed by atoms with Crippen LogP contribution in [0, 0.1) is 17.9 Å². The second-order valence-corrected chi connectivity index (χ2v) is 2.68. The summed E-state index contributed by atoms with van der Waals surface area (Å²) in [7, 11) is 0. The Morgan fingerprint density at radius 2 is 2.40 bits per heavy atom. The first-order valence-corrected chi connectivity index (χ1v) is 3.64. The molecule has 2 N–H and O–H groups in total. The van der Waals surface area contributed by atoms with Gasteiger partial charge in [-0.2, -0.15) is 0 Å². The Morgan fingerprint density at radius 3 is 3.20 bits per heavy atom. The van der Waals surface area contributed by atoms with E-state index in [0.29, 0.717) is 0 Å². The van der Waals surface area contributed by atoms with Crippen molar-refractivity contribution in [3.05, 3.63) is 11.9 Å². The first kappa shape index (κ1) is 5.67. The minimum Gasteiger partial charge on any atom is -0.379 e. The molecule has 2 rings (SSSR count). The van der Waals surface area contributed by atoms with E-state index >= 15 is 0 Å². The molecule has 0 bridgehead atoms. The van der Waals surface area contributed by atoms with Crippen LogP contribution in [-0.2, 0) is 0 Å². The zero-order valence-corrected chi connectivity index (χ0v) is 5.78. The number of hydrogen-bond donors (Lipinski definition) is 2. The Morgan fingerprint density at radius 1 is 1.50 bits per heavy atom. The summed E-state index contributed by atoms with van der Waals surface area (Å²) in [4.78, 5) is 0. The van der Waals surface area contributed by atoms with Crippen molar-refractivity contribution in [2.24, 2.45) is 5.92 Å². The maximum atomic E-state index is 3.12. The van der Waals surface area contributed by atoms with Crippen molar-refractivity contribution in [2.45, 2.75) is 12.8 Å². The molecule has 1 fully saturated rings. The van der Waals surface area contributed by atoms with Crippen LogP contribution in [0.2, 0.25) is 0 Å². The molecule has 0 aromatic carbocycles. The first-order valence-electron chi connectivity index (χ1n) is 3.64. The lowest BCUT2D eigenvalue weighted by molar-refractivity contribution is 0.867. The zero-order valence-electron chi connectivity index (χ0n) is 5.78. The molecule has 1 heterocycles. The molecule has 0 aromatic rings. The van der Waals surface area contributed by atoms with Crippen molar-refractivity contribution >= 4 is 0 Å². The summed E-state index contributed by atoms with van der Waals surface area (Å²) in [5.74, 6) is 3.70. The molecule has 2 aliphatic rings. The molecule has 1 aliphatic heterocycles. The molecule has 0 atom stereocenters. The summed E-state index contributed by atoms with van der Waals surface area (Å²) in [6, 6.07) is 2.89. The van der Waals surface area contributed by atoms with E-state index in [-0.39, 0.29) is 0 Å². The van der Waals surface area contributed by atoms with Crippen LogP contribution in [0.25, 0.3) is 0 Å². The monoisotopic (exact) mass is 134 g/mol. The van der Waals surface area contributed by atoms with Gasteiger partial charge in [0, 0.05) is 23.9 Å². The largest absolute Gasteiger partial charge is 0.379 e. The van der Waals surface area contributed by atoms with Crippen molar-refractivity contribution in [1.82, 2.24) is 10.6 Å². The number of rotatable bonds is 1. The normalized spacial score (nSPS) is 22.6. The predicted molar refractivity (Wildman–Crippen MR) is 39.7 cm³/mol. The van der Waals surface area contributed by atoms with Crippen LogP contribution >= 0.6 is 0 Å². The summed E-state index contributed by atoms with van der Waals surface area (Å²) in [5.41, 5.74) is 1.27. The Bertz CT molecular complexity index is 215. The molecule has 2 nitrogen and oxygen atoms in total. The minimum absolute atomic E-state index is 0.764. The van der Waals surface area contributed by atoms with Gasteiger partial charge in [0.15, 0.2) is 0 Å². The molecule has 0 radical (unpaired) electrons. The van der Waals surface area contributed by atoms with Gasteiger partial charge >= 0.3 is 0 Å². The summed E-state index contributed by atoms with van der Waals surface area (Å²) in [6.45, 7) is 0.767. The molecule has 52 valence electrons. The topological polar surface area (TPSA) is 24.1 Å². The van der Waals surface area contributed by atoms with E-state index in [1.165, 1.54) is 18.5 Å². The quantitative estimate of drug-likeness (QED) is 0.507. The number of allylic oxidation sites excluding steroid dienone is 1. The van der Waals surface area contributed by atoms with Gasteiger partial charge in [-0.05, 0) is 12.8 Å². The van der Waals surface area contributed by atoms with Crippen molar-refractivity contribution in [3.63, 3.8) is 0 Å². The van der Waals surface area contributed by atoms with E-state index < -0.39 is 0 Å². The number of hydrogen-bond acceptors (Lipinski definition) is 2. The molecule has 0 aromatic heterocycles. The summed E-state index contributed by atoms with van der Waals surface area (Å²) in [5, 5.41) is 6.20. The van der Waals surface area contributed by atoms with Crippen molar-refractivity contribution < 1.29 is 0 Å². The SMILES string of the molecule is C1#CNC(C2CC2)=CNC1. The molecular formula is C8H10N2. The zero-order chi connectivity index (χ0) is 6.81. The van der Waals surface area contributed by atoms with Gasteiger partial charge in [-0.25, -0.2) is 0 Å². The summed E-state index contributed by atoms with van der Waals surface area (Å²) in [6.07, 6.45) is 4.68. The fourth-order valence-corrected chi connectivity index (χ4v) is 1.02. The highest BCUT2D eigenvalue weighted by molar-refractivity contribution is 5.19. The third-order valence-corrected chi connectivity index (χ3v) is 1.76. The maximum absolute atomic E-state index is 3.12. The lowest BCUT2D eigenvalue weighted by Gasteiger charge is -2.00. The fraction of sp³-hybridized carbons (Fsp3) is 0.500. The Balaban J connectivity index is 2.06. The second-order valence-electron chi connectivity index (χ2n) is 2.68. The molecule has 10 heavy (non-hydrogen) atoms. The van der Waals surface area contributed by atoms with Gasteiger partial charge in [-0.3, -0.25) is 0 Å². The minimum atomic E-state index is 0.764. The van der Waals surface area contributed by atoms with Gasteiger partial charge in [-0.1, -0.05) is 5.92 Å². The third-order valence-electron chi connectivity index (χ3n) is 1.76. The van der Waals surface area contributed by atoms with Gasteiger partial charge in [0.05, 0.1) is 6.54 Å². The Labute approximate surface area is 60.7 Å². The van der Waals surface area contributed by atoms with Crippen LogP contribution in [0.4, 0.5) is 0 Å². The molecule has 1 saturated carbocycles. The van der Waals surface area contributed by atoms with Crippen LogP contribution in [0.15, 0.2) is 11.9 Å². The van der Waals surface area contributed by atoms with E-state index in [2.05, 4.69) is 22.6 Å². The van der Waals surface area contributed by atoms with Crippen LogP contribution in [0.3, 0.4) is 0 Å².